The number of likely N-dealkylation sites (tertiary alicyclic amines) is 1. The van der Waals surface area contributed by atoms with Crippen LogP contribution in [-0.4, -0.2) is 69.5 Å². The van der Waals surface area contributed by atoms with Gasteiger partial charge in [0.25, 0.3) is 0 Å². The second-order valence-electron chi connectivity index (χ2n) is 11.0. The zero-order valence-corrected chi connectivity index (χ0v) is 23.5. The Morgan fingerprint density at radius 3 is 2.58 bits per heavy atom. The fourth-order valence-corrected chi connectivity index (χ4v) is 7.20. The summed E-state index contributed by atoms with van der Waals surface area (Å²) in [6.07, 6.45) is 3.07. The van der Waals surface area contributed by atoms with Crippen molar-refractivity contribution >= 4 is 39.0 Å². The molecular weight excluding hydrogens is 503 g/mol. The van der Waals surface area contributed by atoms with Crippen molar-refractivity contribution in [1.29, 1.82) is 0 Å². The smallest absolute Gasteiger partial charge is 0.229 e. The lowest BCUT2D eigenvalue weighted by Gasteiger charge is -2.61. The highest BCUT2D eigenvalue weighted by molar-refractivity contribution is 7.22. The number of halogens is 1. The number of aryl methyl sites for hydroxylation is 2. The van der Waals surface area contributed by atoms with E-state index in [-0.39, 0.29) is 5.69 Å². The summed E-state index contributed by atoms with van der Waals surface area (Å²) >= 11 is 1.47. The van der Waals surface area contributed by atoms with E-state index in [2.05, 4.69) is 43.1 Å². The van der Waals surface area contributed by atoms with Crippen molar-refractivity contribution in [2.24, 2.45) is 12.5 Å². The molecular formula is C27H33FN8OS. The minimum Gasteiger partial charge on any atom is -0.372 e. The number of nitrogens with one attached hydrogen (secondary N) is 1. The Morgan fingerprint density at radius 2 is 1.92 bits per heavy atom. The first-order chi connectivity index (χ1) is 18.1. The number of nitrogens with zero attached hydrogens (tertiary/aromatic N) is 7. The van der Waals surface area contributed by atoms with E-state index in [0.717, 1.165) is 51.7 Å². The molecule has 0 aliphatic carbocycles. The molecule has 2 aliphatic rings. The van der Waals surface area contributed by atoms with Gasteiger partial charge < -0.3 is 19.9 Å². The lowest BCUT2D eigenvalue weighted by Crippen LogP contribution is -2.72. The molecule has 1 spiro atoms. The lowest BCUT2D eigenvalue weighted by atomic mass is 9.72. The standard InChI is InChI=1S/C27H33FN8OS/c1-7-35-12-27(13-35)14-36(15-27)17-8-9-19(29-10-17)31-25-30-11-18(28)21(32-25)22-16(2)20-23(38-22)24(34(5)33-20)26(3,4)37-6/h8-11H,7,12-15H2,1-6H3,(H,29,30,31,32). The van der Waals surface area contributed by atoms with E-state index in [9.17, 15) is 4.39 Å². The van der Waals surface area contributed by atoms with Crippen molar-refractivity contribution in [2.45, 2.75) is 33.3 Å². The van der Waals surface area contributed by atoms with Gasteiger partial charge in [-0.15, -0.1) is 11.3 Å². The first-order valence-electron chi connectivity index (χ1n) is 12.9. The normalized spacial score (nSPS) is 17.2. The fourth-order valence-electron chi connectivity index (χ4n) is 5.74. The van der Waals surface area contributed by atoms with Crippen LogP contribution in [0.3, 0.4) is 0 Å². The maximum atomic E-state index is 15.0. The van der Waals surface area contributed by atoms with Gasteiger partial charge in [0.15, 0.2) is 5.82 Å². The summed E-state index contributed by atoms with van der Waals surface area (Å²) in [6.45, 7) is 13.8. The average Bonchev–Trinajstić information content (AvgIpc) is 3.34. The van der Waals surface area contributed by atoms with Crippen LogP contribution in [0.2, 0.25) is 0 Å². The number of anilines is 3. The molecule has 2 fully saturated rings. The van der Waals surface area contributed by atoms with Crippen LogP contribution in [0.25, 0.3) is 20.8 Å². The van der Waals surface area contributed by atoms with Crippen LogP contribution in [0.5, 0.6) is 0 Å². The molecule has 2 saturated heterocycles. The molecule has 0 atom stereocenters. The van der Waals surface area contributed by atoms with Gasteiger partial charge in [-0.05, 0) is 45.0 Å². The molecule has 38 heavy (non-hydrogen) atoms. The van der Waals surface area contributed by atoms with Crippen LogP contribution < -0.4 is 10.2 Å². The van der Waals surface area contributed by atoms with Crippen LogP contribution in [0, 0.1) is 18.2 Å². The highest BCUT2D eigenvalue weighted by Gasteiger charge is 2.51. The van der Waals surface area contributed by atoms with Gasteiger partial charge in [0.05, 0.1) is 33.4 Å². The number of fused-ring (bicyclic) bond motifs is 1. The van der Waals surface area contributed by atoms with E-state index >= 15 is 0 Å². The molecule has 4 aromatic rings. The maximum absolute atomic E-state index is 15.0. The molecule has 2 aliphatic heterocycles. The summed E-state index contributed by atoms with van der Waals surface area (Å²) in [4.78, 5) is 18.8. The van der Waals surface area contributed by atoms with Gasteiger partial charge in [-0.25, -0.2) is 19.3 Å². The van der Waals surface area contributed by atoms with E-state index in [0.29, 0.717) is 17.2 Å². The third-order valence-electron chi connectivity index (χ3n) is 7.91. The van der Waals surface area contributed by atoms with Crippen molar-refractivity contribution in [3.05, 3.63) is 41.6 Å². The number of ether oxygens (including phenoxy) is 1. The number of pyridine rings is 1. The number of aromatic nitrogens is 5. The summed E-state index contributed by atoms with van der Waals surface area (Å²) < 4.78 is 23.5. The second kappa shape index (κ2) is 8.96. The molecule has 0 saturated carbocycles. The van der Waals surface area contributed by atoms with Gasteiger partial charge in [0.2, 0.25) is 5.95 Å². The number of rotatable bonds is 7. The molecule has 0 aromatic carbocycles. The van der Waals surface area contributed by atoms with Crippen molar-refractivity contribution in [3.8, 4) is 10.6 Å². The summed E-state index contributed by atoms with van der Waals surface area (Å²) in [5.74, 6) is 0.427. The quantitative estimate of drug-likeness (QED) is 0.364. The first-order valence-corrected chi connectivity index (χ1v) is 13.7. The Balaban J connectivity index is 1.22. The molecule has 11 heteroatoms. The van der Waals surface area contributed by atoms with Crippen molar-refractivity contribution in [3.63, 3.8) is 0 Å². The Bertz CT molecular complexity index is 1500. The van der Waals surface area contributed by atoms with E-state index in [1.54, 1.807) is 7.11 Å². The molecule has 200 valence electrons. The predicted molar refractivity (Wildman–Crippen MR) is 149 cm³/mol. The maximum Gasteiger partial charge on any atom is 0.229 e. The van der Waals surface area contributed by atoms with Gasteiger partial charge in [-0.2, -0.15) is 5.10 Å². The highest BCUT2D eigenvalue weighted by atomic mass is 32.1. The molecule has 0 unspecified atom stereocenters. The van der Waals surface area contributed by atoms with Gasteiger partial charge in [-0.3, -0.25) is 4.68 Å². The highest BCUT2D eigenvalue weighted by Crippen LogP contribution is 2.43. The molecule has 6 rings (SSSR count). The molecule has 0 amide bonds. The molecule has 0 bridgehead atoms. The molecule has 1 N–H and O–H groups in total. The third kappa shape index (κ3) is 4.04. The SMILES string of the molecule is CCN1CC2(C1)CN(c1ccc(Nc3ncc(F)c(-c4sc5c(C(C)(C)OC)n(C)nc5c4C)n3)nc1)C2. The molecule has 9 nitrogen and oxygen atoms in total. The van der Waals surface area contributed by atoms with E-state index < -0.39 is 11.4 Å². The van der Waals surface area contributed by atoms with Gasteiger partial charge in [-0.1, -0.05) is 6.92 Å². The zero-order valence-electron chi connectivity index (χ0n) is 22.7. The van der Waals surface area contributed by atoms with Crippen LogP contribution in [-0.2, 0) is 17.4 Å². The zero-order chi connectivity index (χ0) is 26.8. The monoisotopic (exact) mass is 536 g/mol. The van der Waals surface area contributed by atoms with Crippen molar-refractivity contribution in [1.82, 2.24) is 29.6 Å². The Morgan fingerprint density at radius 1 is 1.16 bits per heavy atom. The largest absolute Gasteiger partial charge is 0.372 e. The third-order valence-corrected chi connectivity index (χ3v) is 9.21. The van der Waals surface area contributed by atoms with Crippen molar-refractivity contribution < 1.29 is 9.13 Å². The number of thiophene rings is 1. The average molecular weight is 537 g/mol. The van der Waals surface area contributed by atoms with Crippen LogP contribution in [0.1, 0.15) is 32.0 Å². The number of methoxy groups -OCH3 is 1. The van der Waals surface area contributed by atoms with E-state index in [1.165, 1.54) is 30.6 Å². The topological polar surface area (TPSA) is 84.2 Å². The molecule has 4 aromatic heterocycles. The van der Waals surface area contributed by atoms with Crippen LogP contribution >= 0.6 is 11.3 Å². The summed E-state index contributed by atoms with van der Waals surface area (Å²) in [7, 11) is 3.58. The second-order valence-corrected chi connectivity index (χ2v) is 12.0. The molecule has 0 radical (unpaired) electrons. The number of hydrogen-bond acceptors (Lipinski definition) is 9. The van der Waals surface area contributed by atoms with E-state index in [1.807, 2.05) is 44.8 Å². The van der Waals surface area contributed by atoms with Crippen LogP contribution in [0.15, 0.2) is 24.5 Å². The van der Waals surface area contributed by atoms with Crippen LogP contribution in [0.4, 0.5) is 21.8 Å². The van der Waals surface area contributed by atoms with Gasteiger partial charge in [0.1, 0.15) is 22.6 Å². The lowest BCUT2D eigenvalue weighted by molar-refractivity contribution is -0.0178. The first kappa shape index (κ1) is 25.1. The minimum atomic E-state index is -0.544. The summed E-state index contributed by atoms with van der Waals surface area (Å²) in [5, 5.41) is 7.84. The van der Waals surface area contributed by atoms with Gasteiger partial charge >= 0.3 is 0 Å². The van der Waals surface area contributed by atoms with Crippen molar-refractivity contribution in [2.75, 3.05) is 50.1 Å². The summed E-state index contributed by atoms with van der Waals surface area (Å²) in [6, 6.07) is 3.98. The predicted octanol–water partition coefficient (Wildman–Crippen LogP) is 4.70. The number of hydrogen-bond donors (Lipinski definition) is 1. The molecule has 6 heterocycles. The summed E-state index contributed by atoms with van der Waals surface area (Å²) in [5.41, 5.74) is 3.93. The van der Waals surface area contributed by atoms with Gasteiger partial charge in [0, 0.05) is 45.8 Å². The minimum absolute atomic E-state index is 0.246. The fraction of sp³-hybridized carbons (Fsp3) is 0.481. The Hall–Kier alpha value is -3.15. The van der Waals surface area contributed by atoms with E-state index in [4.69, 9.17) is 9.84 Å². The Labute approximate surface area is 225 Å². The Kier molecular flexibility index (Phi) is 5.93.